The van der Waals surface area contributed by atoms with E-state index in [2.05, 4.69) is 10.0 Å². The van der Waals surface area contributed by atoms with Crippen LogP contribution in [0.15, 0.2) is 5.11 Å². The molecule has 1 rings (SSSR count). The zero-order chi connectivity index (χ0) is 12.9. The number of ether oxygens (including phenoxy) is 2. The van der Waals surface area contributed by atoms with E-state index in [1.54, 1.807) is 13.8 Å². The lowest BCUT2D eigenvalue weighted by Gasteiger charge is -2.40. The molecule has 0 amide bonds. The summed E-state index contributed by atoms with van der Waals surface area (Å²) in [6, 6.07) is -0.339. The minimum Gasteiger partial charge on any atom is -0.465 e. The highest BCUT2D eigenvalue weighted by molar-refractivity contribution is 6.01. The summed E-state index contributed by atoms with van der Waals surface area (Å²) in [5.74, 6) is -1.19. The molecule has 7 heteroatoms. The van der Waals surface area contributed by atoms with Gasteiger partial charge in [-0.15, -0.1) is 0 Å². The lowest BCUT2D eigenvalue weighted by molar-refractivity contribution is -0.180. The first-order chi connectivity index (χ1) is 8.10. The second-order valence-electron chi connectivity index (χ2n) is 3.79. The molecule has 0 spiro atoms. The van der Waals surface area contributed by atoms with Gasteiger partial charge in [-0.1, -0.05) is 5.11 Å². The first-order valence-corrected chi connectivity index (χ1v) is 5.49. The minimum atomic E-state index is -1.27. The maximum absolute atomic E-state index is 11.8. The summed E-state index contributed by atoms with van der Waals surface area (Å²) in [6.45, 7) is 3.74. The Bertz CT molecular complexity index is 337. The lowest BCUT2D eigenvalue weighted by atomic mass is 9.65. The lowest BCUT2D eigenvalue weighted by Crippen LogP contribution is -2.53. The summed E-state index contributed by atoms with van der Waals surface area (Å²) in [5, 5.41) is 3.48. The van der Waals surface area contributed by atoms with Crippen molar-refractivity contribution in [1.82, 2.24) is 0 Å². The van der Waals surface area contributed by atoms with E-state index in [4.69, 9.17) is 15.0 Å². The topological polar surface area (TPSA) is 101 Å². The second kappa shape index (κ2) is 5.54. The number of carbonyl (C=O) groups excluding carboxylic acids is 2. The van der Waals surface area contributed by atoms with Crippen molar-refractivity contribution >= 4 is 11.9 Å². The molecule has 0 aromatic carbocycles. The predicted octanol–water partition coefficient (Wildman–Crippen LogP) is 1.57. The Morgan fingerprint density at radius 2 is 1.76 bits per heavy atom. The molecule has 94 valence electrons. The molecule has 0 heterocycles. The predicted molar refractivity (Wildman–Crippen MR) is 57.9 cm³/mol. The van der Waals surface area contributed by atoms with Gasteiger partial charge in [0, 0.05) is 11.0 Å². The molecule has 0 aliphatic heterocycles. The highest BCUT2D eigenvalue weighted by atomic mass is 16.6. The van der Waals surface area contributed by atoms with Crippen molar-refractivity contribution in [2.75, 3.05) is 13.2 Å². The summed E-state index contributed by atoms with van der Waals surface area (Å²) in [5.41, 5.74) is 7.01. The molecule has 1 aliphatic carbocycles. The highest BCUT2D eigenvalue weighted by Crippen LogP contribution is 2.45. The van der Waals surface area contributed by atoms with Crippen LogP contribution < -0.4 is 0 Å². The third-order valence-corrected chi connectivity index (χ3v) is 2.72. The van der Waals surface area contributed by atoms with Gasteiger partial charge in [-0.2, -0.15) is 0 Å². The van der Waals surface area contributed by atoms with Crippen molar-refractivity contribution in [3.8, 4) is 0 Å². The second-order valence-corrected chi connectivity index (χ2v) is 3.79. The quantitative estimate of drug-likeness (QED) is 0.239. The standard InChI is InChI=1S/C10H15N3O4/c1-3-16-8(14)10(9(15)17-4-2)5-7(6-10)12-13-11/h7H,3-6H2,1-2H3. The van der Waals surface area contributed by atoms with Gasteiger partial charge in [0.2, 0.25) is 0 Å². The summed E-state index contributed by atoms with van der Waals surface area (Å²) in [7, 11) is 0. The zero-order valence-electron chi connectivity index (χ0n) is 9.88. The number of nitrogens with zero attached hydrogens (tertiary/aromatic N) is 3. The van der Waals surface area contributed by atoms with E-state index in [1.165, 1.54) is 0 Å². The molecule has 0 aromatic heterocycles. The molecule has 1 aliphatic rings. The Morgan fingerprint density at radius 1 is 1.29 bits per heavy atom. The van der Waals surface area contributed by atoms with Gasteiger partial charge < -0.3 is 9.47 Å². The number of azide groups is 1. The molecule has 0 bridgehead atoms. The van der Waals surface area contributed by atoms with Crippen molar-refractivity contribution in [1.29, 1.82) is 0 Å². The van der Waals surface area contributed by atoms with Crippen molar-refractivity contribution in [3.05, 3.63) is 10.4 Å². The van der Waals surface area contributed by atoms with Crippen LogP contribution in [0.1, 0.15) is 26.7 Å². The fraction of sp³-hybridized carbons (Fsp3) is 0.800. The number of esters is 2. The number of rotatable bonds is 5. The molecule has 7 nitrogen and oxygen atoms in total. The Hall–Kier alpha value is -1.75. The molecule has 17 heavy (non-hydrogen) atoms. The van der Waals surface area contributed by atoms with Gasteiger partial charge in [-0.3, -0.25) is 9.59 Å². The molecule has 0 radical (unpaired) electrons. The summed E-state index contributed by atoms with van der Waals surface area (Å²) in [6.07, 6.45) is 0.323. The fourth-order valence-corrected chi connectivity index (χ4v) is 1.85. The van der Waals surface area contributed by atoms with Gasteiger partial charge in [0.25, 0.3) is 0 Å². The van der Waals surface area contributed by atoms with Crippen LogP contribution in [0.3, 0.4) is 0 Å². The van der Waals surface area contributed by atoms with Gasteiger partial charge in [0.1, 0.15) is 0 Å². The van der Waals surface area contributed by atoms with Gasteiger partial charge in [0.05, 0.1) is 13.2 Å². The van der Waals surface area contributed by atoms with Crippen LogP contribution in [-0.2, 0) is 19.1 Å². The Balaban J connectivity index is 2.78. The Morgan fingerprint density at radius 3 is 2.12 bits per heavy atom. The average Bonchev–Trinajstić information content (AvgIpc) is 2.23. The molecule has 0 saturated heterocycles. The minimum absolute atomic E-state index is 0.161. The maximum atomic E-state index is 11.8. The van der Waals surface area contributed by atoms with Gasteiger partial charge in [-0.25, -0.2) is 0 Å². The van der Waals surface area contributed by atoms with E-state index in [0.717, 1.165) is 0 Å². The molecular formula is C10H15N3O4. The SMILES string of the molecule is CCOC(=O)C1(C(=O)OCC)CC(N=[N+]=[N-])C1. The Kier molecular flexibility index (Phi) is 4.34. The monoisotopic (exact) mass is 241 g/mol. The third-order valence-electron chi connectivity index (χ3n) is 2.72. The van der Waals surface area contributed by atoms with Crippen LogP contribution in [-0.4, -0.2) is 31.2 Å². The van der Waals surface area contributed by atoms with Crippen molar-refractivity contribution in [2.45, 2.75) is 32.7 Å². The average molecular weight is 241 g/mol. The highest BCUT2D eigenvalue weighted by Gasteiger charge is 2.58. The smallest absolute Gasteiger partial charge is 0.323 e. The van der Waals surface area contributed by atoms with Crippen molar-refractivity contribution < 1.29 is 19.1 Å². The van der Waals surface area contributed by atoms with Gasteiger partial charge >= 0.3 is 11.9 Å². The summed E-state index contributed by atoms with van der Waals surface area (Å²) in [4.78, 5) is 26.2. The molecule has 0 atom stereocenters. The van der Waals surface area contributed by atoms with Crippen LogP contribution in [0.4, 0.5) is 0 Å². The summed E-state index contributed by atoms with van der Waals surface area (Å²) >= 11 is 0. The molecule has 1 saturated carbocycles. The first kappa shape index (κ1) is 13.3. The number of carbonyl (C=O) groups is 2. The van der Waals surface area contributed by atoms with Gasteiger partial charge in [-0.05, 0) is 32.2 Å². The molecular weight excluding hydrogens is 226 g/mol. The van der Waals surface area contributed by atoms with Crippen molar-refractivity contribution in [2.24, 2.45) is 10.5 Å². The zero-order valence-corrected chi connectivity index (χ0v) is 9.88. The van der Waals surface area contributed by atoms with Gasteiger partial charge in [0.15, 0.2) is 5.41 Å². The van der Waals surface area contributed by atoms with Crippen LogP contribution >= 0.6 is 0 Å². The van der Waals surface area contributed by atoms with E-state index >= 15 is 0 Å². The van der Waals surface area contributed by atoms with Crippen LogP contribution in [0, 0.1) is 5.41 Å². The van der Waals surface area contributed by atoms with Crippen LogP contribution in [0.2, 0.25) is 0 Å². The van der Waals surface area contributed by atoms with E-state index < -0.39 is 17.4 Å². The first-order valence-electron chi connectivity index (χ1n) is 5.49. The number of hydrogen-bond acceptors (Lipinski definition) is 5. The maximum Gasteiger partial charge on any atom is 0.323 e. The van der Waals surface area contributed by atoms with E-state index in [9.17, 15) is 9.59 Å². The molecule has 0 unspecified atom stereocenters. The Labute approximate surface area is 98.7 Å². The molecule has 1 fully saturated rings. The summed E-state index contributed by atoms with van der Waals surface area (Å²) < 4.78 is 9.74. The van der Waals surface area contributed by atoms with E-state index in [1.807, 2.05) is 0 Å². The van der Waals surface area contributed by atoms with Crippen LogP contribution in [0.25, 0.3) is 10.4 Å². The molecule has 0 aromatic rings. The van der Waals surface area contributed by atoms with E-state index in [0.29, 0.717) is 0 Å². The van der Waals surface area contributed by atoms with Crippen LogP contribution in [0.5, 0.6) is 0 Å². The van der Waals surface area contributed by atoms with E-state index in [-0.39, 0.29) is 32.1 Å². The van der Waals surface area contributed by atoms with Crippen molar-refractivity contribution in [3.63, 3.8) is 0 Å². The number of hydrogen-bond donors (Lipinski definition) is 0. The largest absolute Gasteiger partial charge is 0.465 e. The molecule has 0 N–H and O–H groups in total. The third kappa shape index (κ3) is 2.50. The fourth-order valence-electron chi connectivity index (χ4n) is 1.85. The normalized spacial score (nSPS) is 17.5.